The quantitative estimate of drug-likeness (QED) is 0.152. The smallest absolute Gasteiger partial charge is 0.300 e. The molecular formula is C33H29NO6. The molecule has 1 unspecified atom stereocenters. The summed E-state index contributed by atoms with van der Waals surface area (Å²) in [6.07, 6.45) is -0.0348. The van der Waals surface area contributed by atoms with Gasteiger partial charge >= 0.3 is 0 Å². The molecule has 0 spiro atoms. The van der Waals surface area contributed by atoms with E-state index in [1.165, 1.54) is 11.0 Å². The number of aliphatic hydroxyl groups is 1. The Labute approximate surface area is 232 Å². The molecule has 1 amide bonds. The van der Waals surface area contributed by atoms with Crippen LogP contribution in [0.15, 0.2) is 103 Å². The summed E-state index contributed by atoms with van der Waals surface area (Å²) in [6.45, 7) is 5.68. The van der Waals surface area contributed by atoms with E-state index in [4.69, 9.17) is 9.47 Å². The summed E-state index contributed by atoms with van der Waals surface area (Å²) in [5, 5.41) is 22.2. The van der Waals surface area contributed by atoms with Gasteiger partial charge in [0.2, 0.25) is 0 Å². The fourth-order valence-electron chi connectivity index (χ4n) is 4.78. The van der Waals surface area contributed by atoms with Crippen LogP contribution in [0, 0.1) is 6.92 Å². The van der Waals surface area contributed by atoms with E-state index in [1.807, 2.05) is 51.1 Å². The zero-order valence-electron chi connectivity index (χ0n) is 22.4. The number of hydrogen-bond acceptors (Lipinski definition) is 6. The molecule has 1 saturated heterocycles. The van der Waals surface area contributed by atoms with Gasteiger partial charge < -0.3 is 19.7 Å². The first-order valence-corrected chi connectivity index (χ1v) is 12.9. The van der Waals surface area contributed by atoms with Crippen molar-refractivity contribution in [2.75, 3.05) is 4.90 Å². The Morgan fingerprint density at radius 1 is 0.850 bits per heavy atom. The predicted octanol–water partition coefficient (Wildman–Crippen LogP) is 6.91. The molecule has 0 saturated carbocycles. The topological polar surface area (TPSA) is 96.3 Å². The van der Waals surface area contributed by atoms with Gasteiger partial charge in [0.05, 0.1) is 23.4 Å². The summed E-state index contributed by atoms with van der Waals surface area (Å²) in [7, 11) is 0. The SMILES string of the molecule is Cc1cc(/C(O)=C2\C(=O)C(=O)N(c3ccccc3O)C2c2cccc(Oc3ccccc3)c2)ccc1OC(C)C. The Kier molecular flexibility index (Phi) is 7.29. The maximum absolute atomic E-state index is 13.5. The molecule has 202 valence electrons. The van der Waals surface area contributed by atoms with Crippen LogP contribution >= 0.6 is 0 Å². The van der Waals surface area contributed by atoms with Crippen LogP contribution in [0.4, 0.5) is 5.69 Å². The van der Waals surface area contributed by atoms with Crippen molar-refractivity contribution in [3.05, 3.63) is 119 Å². The van der Waals surface area contributed by atoms with Gasteiger partial charge in [-0.1, -0.05) is 42.5 Å². The summed E-state index contributed by atoms with van der Waals surface area (Å²) in [5.74, 6) is -0.458. The van der Waals surface area contributed by atoms with E-state index in [-0.39, 0.29) is 28.9 Å². The van der Waals surface area contributed by atoms with Gasteiger partial charge in [-0.05, 0) is 86.5 Å². The minimum absolute atomic E-state index is 0.0348. The second-order valence-corrected chi connectivity index (χ2v) is 9.79. The molecule has 0 aromatic heterocycles. The Morgan fingerprint density at radius 2 is 1.55 bits per heavy atom. The third kappa shape index (κ3) is 5.14. The maximum Gasteiger partial charge on any atom is 0.300 e. The van der Waals surface area contributed by atoms with E-state index in [9.17, 15) is 19.8 Å². The lowest BCUT2D eigenvalue weighted by molar-refractivity contribution is -0.132. The van der Waals surface area contributed by atoms with Crippen molar-refractivity contribution >= 4 is 23.1 Å². The molecule has 0 aliphatic carbocycles. The first-order chi connectivity index (χ1) is 19.2. The van der Waals surface area contributed by atoms with Gasteiger partial charge in [-0.2, -0.15) is 0 Å². The molecule has 7 heteroatoms. The molecule has 4 aromatic rings. The standard InChI is InChI=1S/C33H29NO6/c1-20(2)39-28-17-16-23(18-21(28)3)31(36)29-30(34(33(38)32(29)37)26-14-7-8-15-27(26)35)22-10-9-13-25(19-22)40-24-11-5-4-6-12-24/h4-20,30,35-36H,1-3H3/b31-29+. The molecule has 1 atom stereocenters. The number of phenols is 1. The van der Waals surface area contributed by atoms with Crippen molar-refractivity contribution < 1.29 is 29.3 Å². The number of ether oxygens (including phenoxy) is 2. The monoisotopic (exact) mass is 535 g/mol. The highest BCUT2D eigenvalue weighted by Gasteiger charge is 2.47. The lowest BCUT2D eigenvalue weighted by atomic mass is 9.94. The van der Waals surface area contributed by atoms with Crippen LogP contribution in [0.1, 0.15) is 36.6 Å². The second-order valence-electron chi connectivity index (χ2n) is 9.79. The molecule has 2 N–H and O–H groups in total. The van der Waals surface area contributed by atoms with Gasteiger partial charge in [0, 0.05) is 5.56 Å². The summed E-state index contributed by atoms with van der Waals surface area (Å²) < 4.78 is 11.8. The largest absolute Gasteiger partial charge is 0.507 e. The Bertz CT molecular complexity index is 1610. The van der Waals surface area contributed by atoms with E-state index in [0.29, 0.717) is 28.4 Å². The van der Waals surface area contributed by atoms with Crippen molar-refractivity contribution in [1.82, 2.24) is 0 Å². The lowest BCUT2D eigenvalue weighted by Gasteiger charge is -2.26. The molecule has 7 nitrogen and oxygen atoms in total. The third-order valence-electron chi connectivity index (χ3n) is 6.55. The highest BCUT2D eigenvalue weighted by Crippen LogP contribution is 2.45. The average molecular weight is 536 g/mol. The number of benzene rings is 4. The number of amides is 1. The van der Waals surface area contributed by atoms with Crippen LogP contribution in [-0.4, -0.2) is 28.0 Å². The second kappa shape index (κ2) is 11.0. The van der Waals surface area contributed by atoms with Gasteiger partial charge in [-0.3, -0.25) is 14.5 Å². The highest BCUT2D eigenvalue weighted by molar-refractivity contribution is 6.51. The Morgan fingerprint density at radius 3 is 2.25 bits per heavy atom. The number of carbonyl (C=O) groups is 2. The lowest BCUT2D eigenvalue weighted by Crippen LogP contribution is -2.29. The van der Waals surface area contributed by atoms with Crippen LogP contribution in [0.5, 0.6) is 23.0 Å². The van der Waals surface area contributed by atoms with Gasteiger partial charge in [-0.25, -0.2) is 0 Å². The number of aliphatic hydroxyl groups excluding tert-OH is 1. The fourth-order valence-corrected chi connectivity index (χ4v) is 4.78. The summed E-state index contributed by atoms with van der Waals surface area (Å²) in [4.78, 5) is 28.2. The number of aromatic hydroxyl groups is 1. The summed E-state index contributed by atoms with van der Waals surface area (Å²) >= 11 is 0. The van der Waals surface area contributed by atoms with Crippen molar-refractivity contribution in [2.45, 2.75) is 32.9 Å². The number of anilines is 1. The third-order valence-corrected chi connectivity index (χ3v) is 6.55. The number of carbonyl (C=O) groups excluding carboxylic acids is 2. The van der Waals surface area contributed by atoms with Crippen LogP contribution in [-0.2, 0) is 9.59 Å². The number of hydrogen-bond donors (Lipinski definition) is 2. The zero-order valence-corrected chi connectivity index (χ0v) is 22.4. The number of ketones is 1. The Hall–Kier alpha value is -5.04. The van der Waals surface area contributed by atoms with E-state index in [0.717, 1.165) is 5.56 Å². The van der Waals surface area contributed by atoms with Gasteiger partial charge in [0.15, 0.2) is 0 Å². The number of rotatable bonds is 7. The first-order valence-electron chi connectivity index (χ1n) is 12.9. The average Bonchev–Trinajstić information content (AvgIpc) is 3.20. The van der Waals surface area contributed by atoms with Crippen LogP contribution in [0.2, 0.25) is 0 Å². The highest BCUT2D eigenvalue weighted by atomic mass is 16.5. The minimum atomic E-state index is -1.03. The van der Waals surface area contributed by atoms with Crippen LogP contribution in [0.25, 0.3) is 5.76 Å². The molecule has 1 fully saturated rings. The van der Waals surface area contributed by atoms with Crippen molar-refractivity contribution in [2.24, 2.45) is 0 Å². The molecule has 40 heavy (non-hydrogen) atoms. The molecule has 0 bridgehead atoms. The maximum atomic E-state index is 13.5. The predicted molar refractivity (Wildman–Crippen MR) is 153 cm³/mol. The van der Waals surface area contributed by atoms with E-state index in [2.05, 4.69) is 0 Å². The van der Waals surface area contributed by atoms with Crippen molar-refractivity contribution in [3.63, 3.8) is 0 Å². The molecule has 1 heterocycles. The minimum Gasteiger partial charge on any atom is -0.507 e. The molecule has 5 rings (SSSR count). The van der Waals surface area contributed by atoms with Crippen LogP contribution < -0.4 is 14.4 Å². The number of nitrogens with zero attached hydrogens (tertiary/aromatic N) is 1. The van der Waals surface area contributed by atoms with Gasteiger partial charge in [0.1, 0.15) is 28.8 Å². The normalized spacial score (nSPS) is 16.4. The van der Waals surface area contributed by atoms with Gasteiger partial charge in [0.25, 0.3) is 11.7 Å². The number of Topliss-reactive ketones (excluding diaryl/α,β-unsaturated/α-hetero) is 1. The fraction of sp³-hybridized carbons (Fsp3) is 0.152. The first kappa shape index (κ1) is 26.6. The van der Waals surface area contributed by atoms with Gasteiger partial charge in [-0.15, -0.1) is 0 Å². The van der Waals surface area contributed by atoms with Crippen molar-refractivity contribution in [1.29, 1.82) is 0 Å². The Balaban J connectivity index is 1.66. The number of para-hydroxylation sites is 3. The number of aryl methyl sites for hydroxylation is 1. The molecule has 1 aliphatic rings. The van der Waals surface area contributed by atoms with E-state index < -0.39 is 17.7 Å². The van der Waals surface area contributed by atoms with E-state index >= 15 is 0 Å². The number of phenolic OH excluding ortho intramolecular Hbond substituents is 1. The van der Waals surface area contributed by atoms with Crippen LogP contribution in [0.3, 0.4) is 0 Å². The molecule has 0 radical (unpaired) electrons. The molecular weight excluding hydrogens is 506 g/mol. The van der Waals surface area contributed by atoms with Crippen molar-refractivity contribution in [3.8, 4) is 23.0 Å². The molecule has 1 aliphatic heterocycles. The summed E-state index contributed by atoms with van der Waals surface area (Å²) in [5.41, 5.74) is 1.71. The molecule has 4 aromatic carbocycles. The summed E-state index contributed by atoms with van der Waals surface area (Å²) in [6, 6.07) is 26.6. The van der Waals surface area contributed by atoms with E-state index in [1.54, 1.807) is 60.7 Å². The zero-order chi connectivity index (χ0) is 28.4.